The van der Waals surface area contributed by atoms with Crippen LogP contribution >= 0.6 is 22.9 Å². The second-order valence-corrected chi connectivity index (χ2v) is 4.64. The number of aromatic hydroxyl groups is 1. The Morgan fingerprint density at radius 3 is 2.89 bits per heavy atom. The van der Waals surface area contributed by atoms with Crippen molar-refractivity contribution in [1.82, 2.24) is 10.2 Å². The lowest BCUT2D eigenvalue weighted by Crippen LogP contribution is -2.05. The van der Waals surface area contributed by atoms with Crippen molar-refractivity contribution in [3.05, 3.63) is 22.7 Å². The third-order valence-electron chi connectivity index (χ3n) is 1.97. The van der Waals surface area contributed by atoms with Crippen LogP contribution in [0.2, 0.25) is 5.02 Å². The Kier molecular flexibility index (Phi) is 4.03. The number of amides is 1. The summed E-state index contributed by atoms with van der Waals surface area (Å²) in [5.41, 5.74) is 2.14. The maximum absolute atomic E-state index is 11.1. The Balaban J connectivity index is 2.37. The number of carbonyl (C=O) groups is 1. The minimum atomic E-state index is -0.297. The van der Waals surface area contributed by atoms with Gasteiger partial charge in [-0.05, 0) is 6.07 Å². The van der Waals surface area contributed by atoms with Crippen LogP contribution in [-0.2, 0) is 4.79 Å². The number of nitrogens with one attached hydrogen (secondary N) is 1. The van der Waals surface area contributed by atoms with E-state index >= 15 is 0 Å². The molecule has 0 saturated carbocycles. The maximum atomic E-state index is 11.1. The molecular formula is C10H8ClN5O2S. The Morgan fingerprint density at radius 1 is 1.47 bits per heavy atom. The largest absolute Gasteiger partial charge is 0.506 e. The fourth-order valence-electron chi connectivity index (χ4n) is 1.23. The van der Waals surface area contributed by atoms with Crippen LogP contribution in [0, 0.1) is 0 Å². The summed E-state index contributed by atoms with van der Waals surface area (Å²) in [6.45, 7) is 1.34. The number of hydrogen-bond donors (Lipinski definition) is 2. The zero-order chi connectivity index (χ0) is 13.8. The molecule has 19 heavy (non-hydrogen) atoms. The first-order valence-corrected chi connectivity index (χ1v) is 6.30. The number of phenolic OH excluding ortho intramolecular Hbond substituents is 1. The van der Waals surface area contributed by atoms with Gasteiger partial charge in [-0.3, -0.25) is 4.79 Å². The van der Waals surface area contributed by atoms with E-state index in [2.05, 4.69) is 25.7 Å². The lowest BCUT2D eigenvalue weighted by molar-refractivity contribution is -0.114. The molecular weight excluding hydrogens is 290 g/mol. The molecule has 1 heterocycles. The SMILES string of the molecule is CC(=O)Nc1cc(O)c(Cl)cc1/N=N/c1nncs1. The number of benzene rings is 1. The number of anilines is 1. The number of halogens is 1. The molecule has 0 saturated heterocycles. The molecule has 0 fully saturated rings. The molecule has 1 aromatic carbocycles. The Morgan fingerprint density at radius 2 is 2.26 bits per heavy atom. The number of nitrogens with zero attached hydrogens (tertiary/aromatic N) is 4. The van der Waals surface area contributed by atoms with Gasteiger partial charge in [0.1, 0.15) is 16.9 Å². The highest BCUT2D eigenvalue weighted by Gasteiger charge is 2.09. The van der Waals surface area contributed by atoms with Crippen molar-refractivity contribution >= 4 is 45.4 Å². The number of aromatic nitrogens is 2. The van der Waals surface area contributed by atoms with Gasteiger partial charge in [0.2, 0.25) is 5.91 Å². The summed E-state index contributed by atoms with van der Waals surface area (Å²) in [4.78, 5) is 11.1. The smallest absolute Gasteiger partial charge is 0.251 e. The van der Waals surface area contributed by atoms with Crippen molar-refractivity contribution in [3.63, 3.8) is 0 Å². The van der Waals surface area contributed by atoms with Gasteiger partial charge in [0.15, 0.2) is 0 Å². The lowest BCUT2D eigenvalue weighted by Gasteiger charge is -2.07. The minimum Gasteiger partial charge on any atom is -0.506 e. The van der Waals surface area contributed by atoms with E-state index < -0.39 is 0 Å². The average Bonchev–Trinajstić information content (AvgIpc) is 2.84. The van der Waals surface area contributed by atoms with Gasteiger partial charge in [-0.15, -0.1) is 20.4 Å². The van der Waals surface area contributed by atoms with Gasteiger partial charge in [0, 0.05) is 13.0 Å². The molecule has 0 aliphatic heterocycles. The molecule has 1 amide bonds. The van der Waals surface area contributed by atoms with Crippen LogP contribution < -0.4 is 5.32 Å². The highest BCUT2D eigenvalue weighted by atomic mass is 35.5. The van der Waals surface area contributed by atoms with E-state index in [0.29, 0.717) is 16.5 Å². The molecule has 0 radical (unpaired) electrons. The number of carbonyl (C=O) groups excluding carboxylic acids is 1. The van der Waals surface area contributed by atoms with Gasteiger partial charge in [-0.25, -0.2) is 0 Å². The van der Waals surface area contributed by atoms with Gasteiger partial charge >= 0.3 is 0 Å². The highest BCUT2D eigenvalue weighted by molar-refractivity contribution is 7.13. The topological polar surface area (TPSA) is 99.8 Å². The van der Waals surface area contributed by atoms with Crippen LogP contribution in [0.25, 0.3) is 0 Å². The molecule has 2 rings (SSSR count). The molecule has 0 spiro atoms. The number of hydrogen-bond acceptors (Lipinski definition) is 7. The monoisotopic (exact) mass is 297 g/mol. The van der Waals surface area contributed by atoms with Crippen LogP contribution in [0.15, 0.2) is 27.9 Å². The van der Waals surface area contributed by atoms with E-state index in [1.54, 1.807) is 0 Å². The fourth-order valence-corrected chi connectivity index (χ4v) is 1.76. The van der Waals surface area contributed by atoms with Gasteiger partial charge in [-0.2, -0.15) is 0 Å². The first kappa shape index (κ1) is 13.4. The molecule has 0 aliphatic rings. The molecule has 9 heteroatoms. The summed E-state index contributed by atoms with van der Waals surface area (Å²) in [6, 6.07) is 2.70. The maximum Gasteiger partial charge on any atom is 0.251 e. The van der Waals surface area contributed by atoms with Crippen molar-refractivity contribution in [2.24, 2.45) is 10.2 Å². The predicted octanol–water partition coefficient (Wildman–Crippen LogP) is 3.27. The quantitative estimate of drug-likeness (QED) is 0.849. The first-order chi connectivity index (χ1) is 9.06. The first-order valence-electron chi connectivity index (χ1n) is 5.04. The normalized spacial score (nSPS) is 10.8. The molecule has 98 valence electrons. The summed E-state index contributed by atoms with van der Waals surface area (Å²) < 4.78 is 0. The predicted molar refractivity (Wildman–Crippen MR) is 71.5 cm³/mol. The van der Waals surface area contributed by atoms with Gasteiger partial charge in [0.05, 0.1) is 10.7 Å². The van der Waals surface area contributed by atoms with Gasteiger partial charge in [0.25, 0.3) is 5.13 Å². The number of rotatable bonds is 3. The van der Waals surface area contributed by atoms with Crippen LogP contribution in [0.3, 0.4) is 0 Å². The van der Waals surface area contributed by atoms with Crippen LogP contribution in [-0.4, -0.2) is 21.2 Å². The average molecular weight is 298 g/mol. The van der Waals surface area contributed by atoms with Crippen molar-refractivity contribution in [1.29, 1.82) is 0 Å². The Labute approximate surface area is 117 Å². The summed E-state index contributed by atoms with van der Waals surface area (Å²) in [5, 5.41) is 27.6. The Hall–Kier alpha value is -2.06. The second kappa shape index (κ2) is 5.72. The van der Waals surface area contributed by atoms with Crippen LogP contribution in [0.5, 0.6) is 5.75 Å². The number of azo groups is 1. The summed E-state index contributed by atoms with van der Waals surface area (Å²) in [6.07, 6.45) is 0. The minimum absolute atomic E-state index is 0.111. The second-order valence-electron chi connectivity index (χ2n) is 3.42. The molecule has 1 aromatic heterocycles. The summed E-state index contributed by atoms with van der Waals surface area (Å²) in [7, 11) is 0. The standard InChI is InChI=1S/C10H8ClN5O2S/c1-5(17)13-7-3-9(18)6(11)2-8(7)14-16-10-15-12-4-19-10/h2-4,18H,1H3,(H,13,17)/b16-14+. The Bertz CT molecular complexity index is 629. The molecule has 0 unspecified atom stereocenters. The van der Waals surface area contributed by atoms with Gasteiger partial charge in [-0.1, -0.05) is 22.9 Å². The molecule has 0 aliphatic carbocycles. The zero-order valence-corrected chi connectivity index (χ0v) is 11.2. The molecule has 7 nitrogen and oxygen atoms in total. The van der Waals surface area contributed by atoms with Crippen molar-refractivity contribution in [3.8, 4) is 5.75 Å². The van der Waals surface area contributed by atoms with E-state index in [1.165, 1.54) is 35.9 Å². The highest BCUT2D eigenvalue weighted by Crippen LogP contribution is 2.36. The van der Waals surface area contributed by atoms with E-state index in [1.807, 2.05) is 0 Å². The fraction of sp³-hybridized carbons (Fsp3) is 0.100. The number of phenols is 1. The van der Waals surface area contributed by atoms with Crippen molar-refractivity contribution in [2.75, 3.05) is 5.32 Å². The van der Waals surface area contributed by atoms with E-state index in [-0.39, 0.29) is 16.7 Å². The third kappa shape index (κ3) is 3.46. The van der Waals surface area contributed by atoms with Crippen LogP contribution in [0.4, 0.5) is 16.5 Å². The molecule has 2 N–H and O–H groups in total. The summed E-state index contributed by atoms with van der Waals surface area (Å²) >= 11 is 7.01. The van der Waals surface area contributed by atoms with Crippen molar-refractivity contribution < 1.29 is 9.90 Å². The van der Waals surface area contributed by atoms with E-state index in [0.717, 1.165) is 0 Å². The lowest BCUT2D eigenvalue weighted by atomic mass is 10.2. The zero-order valence-electron chi connectivity index (χ0n) is 9.66. The molecule has 2 aromatic rings. The van der Waals surface area contributed by atoms with Gasteiger partial charge < -0.3 is 10.4 Å². The summed E-state index contributed by atoms with van der Waals surface area (Å²) in [5.74, 6) is -0.450. The van der Waals surface area contributed by atoms with Crippen molar-refractivity contribution in [2.45, 2.75) is 6.92 Å². The third-order valence-corrected chi connectivity index (χ3v) is 2.84. The molecule has 0 atom stereocenters. The van der Waals surface area contributed by atoms with E-state index in [4.69, 9.17) is 11.6 Å². The van der Waals surface area contributed by atoms with Crippen LogP contribution in [0.1, 0.15) is 6.92 Å². The van der Waals surface area contributed by atoms with E-state index in [9.17, 15) is 9.90 Å². The molecule has 0 bridgehead atoms.